The monoisotopic (exact) mass is 749 g/mol. The number of rotatable bonds is 14. The van der Waals surface area contributed by atoms with Crippen LogP contribution in [0, 0.1) is 17.8 Å². The van der Waals surface area contributed by atoms with E-state index in [-0.39, 0.29) is 35.3 Å². The van der Waals surface area contributed by atoms with Crippen LogP contribution in [0.25, 0.3) is 0 Å². The maximum Gasteiger partial charge on any atom is 0.328 e. The lowest BCUT2D eigenvalue weighted by Gasteiger charge is -2.40. The van der Waals surface area contributed by atoms with E-state index in [1.807, 2.05) is 103 Å². The number of hydrogen-bond donors (Lipinski definition) is 1. The number of ketones is 1. The highest BCUT2D eigenvalue weighted by Gasteiger charge is 2.44. The number of anilines is 1. The summed E-state index contributed by atoms with van der Waals surface area (Å²) in [5.41, 5.74) is 2.79. The molecule has 9 nitrogen and oxygen atoms in total. The predicted molar refractivity (Wildman–Crippen MR) is 211 cm³/mol. The number of benzene rings is 3. The fourth-order valence-corrected chi connectivity index (χ4v) is 9.45. The molecule has 2 saturated heterocycles. The second kappa shape index (κ2) is 19.1. The quantitative estimate of drug-likeness (QED) is 0.147. The second-order valence-corrected chi connectivity index (χ2v) is 15.9. The van der Waals surface area contributed by atoms with Crippen molar-refractivity contribution in [2.75, 3.05) is 24.3 Å². The van der Waals surface area contributed by atoms with Gasteiger partial charge in [-0.25, -0.2) is 4.79 Å². The van der Waals surface area contributed by atoms with Gasteiger partial charge in [0.2, 0.25) is 17.7 Å². The minimum absolute atomic E-state index is 0.00580. The lowest BCUT2D eigenvalue weighted by Crippen LogP contribution is -2.53. The zero-order valence-electron chi connectivity index (χ0n) is 31.0. The van der Waals surface area contributed by atoms with Crippen LogP contribution in [0.3, 0.4) is 0 Å². The highest BCUT2D eigenvalue weighted by atomic mass is 32.2. The number of esters is 1. The largest absolute Gasteiger partial charge is 0.467 e. The normalized spacial score (nSPS) is 22.7. The third kappa shape index (κ3) is 9.88. The van der Waals surface area contributed by atoms with E-state index in [0.29, 0.717) is 51.5 Å². The molecule has 0 radical (unpaired) electrons. The maximum atomic E-state index is 14.4. The van der Waals surface area contributed by atoms with Crippen LogP contribution in [0.4, 0.5) is 5.69 Å². The summed E-state index contributed by atoms with van der Waals surface area (Å²) in [5, 5.41) is 3.00. The molecule has 3 aromatic rings. The van der Waals surface area contributed by atoms with Gasteiger partial charge < -0.3 is 19.9 Å². The number of carbonyl (C=O) groups is 5. The van der Waals surface area contributed by atoms with Gasteiger partial charge in [0.15, 0.2) is 0 Å². The number of Topliss-reactive ketones (excluding diaryl/α,β-unsaturated/α-hetero) is 1. The Hall–Kier alpha value is -4.70. The molecule has 3 aromatic carbocycles. The van der Waals surface area contributed by atoms with Crippen LogP contribution in [0.5, 0.6) is 0 Å². The van der Waals surface area contributed by atoms with Crippen molar-refractivity contribution in [3.63, 3.8) is 0 Å². The molecule has 54 heavy (non-hydrogen) atoms. The van der Waals surface area contributed by atoms with Crippen LogP contribution in [0.15, 0.2) is 103 Å². The molecule has 0 unspecified atom stereocenters. The van der Waals surface area contributed by atoms with Gasteiger partial charge in [0.25, 0.3) is 0 Å². The van der Waals surface area contributed by atoms with E-state index in [9.17, 15) is 24.0 Å². The van der Waals surface area contributed by atoms with Crippen molar-refractivity contribution in [2.45, 2.75) is 81.7 Å². The summed E-state index contributed by atoms with van der Waals surface area (Å²) in [6.07, 6.45) is 8.99. The molecule has 10 heteroatoms. The highest BCUT2D eigenvalue weighted by Crippen LogP contribution is 2.38. The first kappa shape index (κ1) is 39.0. The summed E-state index contributed by atoms with van der Waals surface area (Å²) in [6, 6.07) is 27.8. The van der Waals surface area contributed by atoms with Gasteiger partial charge in [-0.2, -0.15) is 0 Å². The Labute approximate surface area is 322 Å². The number of methoxy groups -OCH3 is 1. The zero-order valence-corrected chi connectivity index (χ0v) is 31.8. The predicted octanol–water partition coefficient (Wildman–Crippen LogP) is 6.55. The Balaban J connectivity index is 1.20. The SMILES string of the molecule is COC(=O)[C@@H]1CCC[C@@H]2SCC[C@H](CC(=O)[C@H](CC[C@H](Cc3ccccc3)C(=O)N[C@H]3CC=CCN(c4ccccc4)C3=O)Cc3ccccc3)C(=O)N21. The number of hydrogen-bond acceptors (Lipinski definition) is 7. The van der Waals surface area contributed by atoms with E-state index >= 15 is 0 Å². The zero-order chi connectivity index (χ0) is 37.9. The second-order valence-electron chi connectivity index (χ2n) is 14.6. The van der Waals surface area contributed by atoms with E-state index in [0.717, 1.165) is 35.4 Å². The van der Waals surface area contributed by atoms with Gasteiger partial charge in [0.1, 0.15) is 17.9 Å². The standard InChI is InChI=1S/C44H51N3O6S/c1-53-44(52)38-21-13-22-40-47(38)42(50)35(25-27-54-40)30-39(48)33(28-31-14-5-2-6-15-31)23-24-34(29-32-16-7-3-8-17-32)41(49)45-37-20-11-12-26-46(43(37)51)36-18-9-4-10-19-36/h2-12,14-19,33-35,37-38,40H,13,20-30H2,1H3,(H,45,49)/t33-,34-,35-,37+,38+,40+/m1/s1. The molecule has 3 aliphatic rings. The van der Waals surface area contributed by atoms with Crippen molar-refractivity contribution in [1.82, 2.24) is 10.2 Å². The van der Waals surface area contributed by atoms with Crippen LogP contribution >= 0.6 is 11.8 Å². The molecule has 3 aliphatic heterocycles. The molecule has 0 bridgehead atoms. The number of fused-ring (bicyclic) bond motifs is 1. The molecule has 3 amide bonds. The van der Waals surface area contributed by atoms with Crippen LogP contribution in [-0.2, 0) is 41.6 Å². The van der Waals surface area contributed by atoms with Gasteiger partial charge in [-0.15, -0.1) is 11.8 Å². The number of amides is 3. The third-order valence-electron chi connectivity index (χ3n) is 11.0. The summed E-state index contributed by atoms with van der Waals surface area (Å²) in [6.45, 7) is 0.426. The molecule has 0 saturated carbocycles. The van der Waals surface area contributed by atoms with Gasteiger partial charge in [0, 0.05) is 36.4 Å². The van der Waals surface area contributed by atoms with E-state index < -0.39 is 35.8 Å². The Morgan fingerprint density at radius 1 is 0.796 bits per heavy atom. The highest BCUT2D eigenvalue weighted by molar-refractivity contribution is 7.99. The molecule has 6 rings (SSSR count). The first-order chi connectivity index (χ1) is 26.3. The van der Waals surface area contributed by atoms with Crippen molar-refractivity contribution in [3.8, 4) is 0 Å². The van der Waals surface area contributed by atoms with Crippen molar-refractivity contribution in [1.29, 1.82) is 0 Å². The first-order valence-corrected chi connectivity index (χ1v) is 20.3. The first-order valence-electron chi connectivity index (χ1n) is 19.3. The van der Waals surface area contributed by atoms with E-state index in [1.165, 1.54) is 7.11 Å². The van der Waals surface area contributed by atoms with E-state index in [2.05, 4.69) is 5.32 Å². The number of ether oxygens (including phenoxy) is 1. The van der Waals surface area contributed by atoms with Gasteiger partial charge in [-0.3, -0.25) is 19.2 Å². The Morgan fingerprint density at radius 3 is 2.09 bits per heavy atom. The van der Waals surface area contributed by atoms with Crippen molar-refractivity contribution in [2.24, 2.45) is 17.8 Å². The van der Waals surface area contributed by atoms with E-state index in [4.69, 9.17) is 4.74 Å². The molecular formula is C44H51N3O6S. The van der Waals surface area contributed by atoms with Gasteiger partial charge in [-0.1, -0.05) is 91.0 Å². The molecular weight excluding hydrogens is 699 g/mol. The van der Waals surface area contributed by atoms with Gasteiger partial charge in [0.05, 0.1) is 12.5 Å². The average Bonchev–Trinajstić information content (AvgIpc) is 3.48. The van der Waals surface area contributed by atoms with Gasteiger partial charge >= 0.3 is 5.97 Å². The smallest absolute Gasteiger partial charge is 0.328 e. The maximum absolute atomic E-state index is 14.4. The molecule has 6 atom stereocenters. The molecule has 284 valence electrons. The van der Waals surface area contributed by atoms with E-state index in [1.54, 1.807) is 21.6 Å². The number of nitrogens with one attached hydrogen (secondary N) is 1. The van der Waals surface area contributed by atoms with Crippen molar-refractivity contribution < 1.29 is 28.7 Å². The minimum Gasteiger partial charge on any atom is -0.467 e. The minimum atomic E-state index is -0.719. The summed E-state index contributed by atoms with van der Waals surface area (Å²) >= 11 is 1.69. The molecule has 0 aliphatic carbocycles. The number of para-hydroxylation sites is 1. The molecule has 3 heterocycles. The Kier molecular flexibility index (Phi) is 13.8. The summed E-state index contributed by atoms with van der Waals surface area (Å²) in [7, 11) is 1.35. The van der Waals surface area contributed by atoms with Crippen LogP contribution in [-0.4, -0.2) is 71.2 Å². The lowest BCUT2D eigenvalue weighted by atomic mass is 9.82. The third-order valence-corrected chi connectivity index (χ3v) is 12.3. The number of thioether (sulfide) groups is 1. The fraction of sp³-hybridized carbons (Fsp3) is 0.432. The van der Waals surface area contributed by atoms with Crippen LogP contribution in [0.2, 0.25) is 0 Å². The fourth-order valence-electron chi connectivity index (χ4n) is 8.02. The summed E-state index contributed by atoms with van der Waals surface area (Å²) < 4.78 is 5.08. The van der Waals surface area contributed by atoms with Crippen LogP contribution in [0.1, 0.15) is 62.5 Å². The topological polar surface area (TPSA) is 113 Å². The van der Waals surface area contributed by atoms with Crippen LogP contribution < -0.4 is 10.2 Å². The molecule has 1 N–H and O–H groups in total. The molecule has 0 spiro atoms. The van der Waals surface area contributed by atoms with Gasteiger partial charge in [-0.05, 0) is 86.8 Å². The lowest BCUT2D eigenvalue weighted by molar-refractivity contribution is -0.157. The average molecular weight is 750 g/mol. The summed E-state index contributed by atoms with van der Waals surface area (Å²) in [4.78, 5) is 72.7. The Bertz CT molecular complexity index is 1770. The van der Waals surface area contributed by atoms with Crippen molar-refractivity contribution in [3.05, 3.63) is 114 Å². The number of nitrogens with zero attached hydrogens (tertiary/aromatic N) is 2. The van der Waals surface area contributed by atoms with Crippen molar-refractivity contribution >= 4 is 46.9 Å². The molecule has 2 fully saturated rings. The number of piperidine rings is 1. The molecule has 0 aromatic heterocycles. The Morgan fingerprint density at radius 2 is 1.43 bits per heavy atom. The number of carbonyl (C=O) groups excluding carboxylic acids is 5. The summed E-state index contributed by atoms with van der Waals surface area (Å²) in [5.74, 6) is -1.63.